The highest BCUT2D eigenvalue weighted by atomic mass is 32.2. The Morgan fingerprint density at radius 3 is 2.81 bits per heavy atom. The highest BCUT2D eigenvalue weighted by Gasteiger charge is 2.22. The number of allylic oxidation sites excluding steroid dienone is 1. The average Bonchev–Trinajstić information content (AvgIpc) is 3.05. The molecule has 1 amide bonds. The summed E-state index contributed by atoms with van der Waals surface area (Å²) in [5, 5.41) is 4.42. The molecular weight excluding hydrogens is 378 g/mol. The summed E-state index contributed by atoms with van der Waals surface area (Å²) in [5.74, 6) is 0.245. The van der Waals surface area contributed by atoms with E-state index in [9.17, 15) is 9.59 Å². The number of amides is 1. The van der Waals surface area contributed by atoms with Crippen molar-refractivity contribution in [2.24, 2.45) is 0 Å². The fraction of sp³-hybridized carbons (Fsp3) is 0.550. The number of nitrogens with one attached hydrogen (secondary N) is 1. The van der Waals surface area contributed by atoms with Crippen molar-refractivity contribution < 1.29 is 4.79 Å². The minimum absolute atomic E-state index is 0.00204. The molecule has 2 aromatic rings. The Balaban J connectivity index is 1.90. The molecule has 0 bridgehead atoms. The maximum Gasteiger partial charge on any atom is 0.263 e. The van der Waals surface area contributed by atoms with Crippen LogP contribution in [0, 0.1) is 0 Å². The van der Waals surface area contributed by atoms with Gasteiger partial charge in [-0.25, -0.2) is 4.98 Å². The van der Waals surface area contributed by atoms with Crippen LogP contribution in [-0.2, 0) is 24.2 Å². The number of hydrogen-bond donors (Lipinski definition) is 1. The Morgan fingerprint density at radius 1 is 1.37 bits per heavy atom. The lowest BCUT2D eigenvalue weighted by atomic mass is 9.97. The maximum atomic E-state index is 13.2. The first kappa shape index (κ1) is 20.1. The Kier molecular flexibility index (Phi) is 6.76. The minimum atomic E-state index is -0.0151. The van der Waals surface area contributed by atoms with E-state index in [1.165, 1.54) is 28.6 Å². The molecule has 1 aliphatic carbocycles. The minimum Gasteiger partial charge on any atom is -0.353 e. The molecule has 5 nitrogen and oxygen atoms in total. The highest BCUT2D eigenvalue weighted by Crippen LogP contribution is 2.34. The molecule has 0 atom stereocenters. The topological polar surface area (TPSA) is 64.0 Å². The van der Waals surface area contributed by atoms with Crippen molar-refractivity contribution in [3.63, 3.8) is 0 Å². The summed E-state index contributed by atoms with van der Waals surface area (Å²) in [5.41, 5.74) is 1.20. The van der Waals surface area contributed by atoms with Crippen molar-refractivity contribution in [2.75, 3.05) is 5.75 Å². The van der Waals surface area contributed by atoms with Crippen LogP contribution in [0.15, 0.2) is 22.6 Å². The van der Waals surface area contributed by atoms with Gasteiger partial charge in [-0.1, -0.05) is 31.7 Å². The maximum absolute atomic E-state index is 13.2. The van der Waals surface area contributed by atoms with Crippen molar-refractivity contribution in [3.8, 4) is 0 Å². The summed E-state index contributed by atoms with van der Waals surface area (Å²) >= 11 is 2.97. The SMILES string of the molecule is C=CCn1c(SCC(=O)NC(CC)CC)nc2sc3c(c2c1=O)CCCC3. The Hall–Kier alpha value is -1.60. The smallest absolute Gasteiger partial charge is 0.263 e. The second kappa shape index (κ2) is 9.06. The molecule has 1 aliphatic rings. The molecule has 0 fully saturated rings. The van der Waals surface area contributed by atoms with Crippen molar-refractivity contribution in [1.29, 1.82) is 0 Å². The van der Waals surface area contributed by atoms with E-state index >= 15 is 0 Å². The molecule has 1 N–H and O–H groups in total. The summed E-state index contributed by atoms with van der Waals surface area (Å²) in [4.78, 5) is 32.3. The molecule has 0 aliphatic heterocycles. The summed E-state index contributed by atoms with van der Waals surface area (Å²) in [6.45, 7) is 8.32. The monoisotopic (exact) mass is 405 g/mol. The Labute approximate surface area is 168 Å². The van der Waals surface area contributed by atoms with Crippen LogP contribution in [0.1, 0.15) is 50.0 Å². The van der Waals surface area contributed by atoms with Crippen LogP contribution in [0.2, 0.25) is 0 Å². The van der Waals surface area contributed by atoms with Gasteiger partial charge in [-0.05, 0) is 44.1 Å². The molecule has 0 unspecified atom stereocenters. The van der Waals surface area contributed by atoms with Crippen LogP contribution in [0.25, 0.3) is 10.2 Å². The molecule has 2 heterocycles. The average molecular weight is 406 g/mol. The molecule has 0 spiro atoms. The number of carbonyl (C=O) groups is 1. The van der Waals surface area contributed by atoms with Crippen LogP contribution in [-0.4, -0.2) is 27.3 Å². The number of carbonyl (C=O) groups excluding carboxylic acids is 1. The lowest BCUT2D eigenvalue weighted by molar-refractivity contribution is -0.119. The van der Waals surface area contributed by atoms with E-state index in [4.69, 9.17) is 4.98 Å². The summed E-state index contributed by atoms with van der Waals surface area (Å²) < 4.78 is 1.66. The number of hydrogen-bond acceptors (Lipinski definition) is 5. The first-order valence-electron chi connectivity index (χ1n) is 9.67. The van der Waals surface area contributed by atoms with Gasteiger partial charge in [-0.2, -0.15) is 0 Å². The van der Waals surface area contributed by atoms with E-state index in [1.54, 1.807) is 22.0 Å². The third-order valence-corrected chi connectivity index (χ3v) is 7.20. The van der Waals surface area contributed by atoms with E-state index in [1.807, 2.05) is 0 Å². The van der Waals surface area contributed by atoms with Gasteiger partial charge < -0.3 is 5.32 Å². The number of thioether (sulfide) groups is 1. The van der Waals surface area contributed by atoms with Crippen LogP contribution < -0.4 is 10.9 Å². The van der Waals surface area contributed by atoms with Gasteiger partial charge in [0.1, 0.15) is 4.83 Å². The van der Waals surface area contributed by atoms with Gasteiger partial charge in [0.05, 0.1) is 11.1 Å². The molecule has 27 heavy (non-hydrogen) atoms. The van der Waals surface area contributed by atoms with Crippen LogP contribution in [0.3, 0.4) is 0 Å². The largest absolute Gasteiger partial charge is 0.353 e. The van der Waals surface area contributed by atoms with E-state index in [-0.39, 0.29) is 23.3 Å². The fourth-order valence-corrected chi connectivity index (χ4v) is 5.63. The number of thiophene rings is 1. The van der Waals surface area contributed by atoms with Gasteiger partial charge in [0, 0.05) is 17.5 Å². The van der Waals surface area contributed by atoms with Crippen molar-refractivity contribution in [2.45, 2.75) is 70.1 Å². The number of nitrogens with zero attached hydrogens (tertiary/aromatic N) is 2. The van der Waals surface area contributed by atoms with E-state index in [0.717, 1.165) is 42.3 Å². The molecule has 0 saturated carbocycles. The van der Waals surface area contributed by atoms with Gasteiger partial charge in [0.2, 0.25) is 5.91 Å². The van der Waals surface area contributed by atoms with Gasteiger partial charge >= 0.3 is 0 Å². The van der Waals surface area contributed by atoms with Crippen LogP contribution in [0.4, 0.5) is 0 Å². The van der Waals surface area contributed by atoms with Crippen molar-refractivity contribution in [3.05, 3.63) is 33.4 Å². The first-order chi connectivity index (χ1) is 13.1. The number of rotatable bonds is 8. The molecule has 7 heteroatoms. The number of aryl methyl sites for hydroxylation is 2. The van der Waals surface area contributed by atoms with E-state index in [2.05, 4.69) is 25.7 Å². The second-order valence-electron chi connectivity index (χ2n) is 6.86. The van der Waals surface area contributed by atoms with Crippen LogP contribution >= 0.6 is 23.1 Å². The highest BCUT2D eigenvalue weighted by molar-refractivity contribution is 7.99. The molecular formula is C20H27N3O2S2. The molecule has 2 aromatic heterocycles. The Bertz CT molecular complexity index is 897. The summed E-state index contributed by atoms with van der Waals surface area (Å²) in [6.07, 6.45) is 7.85. The zero-order valence-corrected chi connectivity index (χ0v) is 17.7. The lowest BCUT2D eigenvalue weighted by Gasteiger charge is -2.15. The second-order valence-corrected chi connectivity index (χ2v) is 8.89. The normalized spacial score (nSPS) is 13.7. The predicted molar refractivity (Wildman–Crippen MR) is 114 cm³/mol. The molecule has 0 radical (unpaired) electrons. The van der Waals surface area contributed by atoms with Gasteiger partial charge in [-0.3, -0.25) is 14.2 Å². The zero-order valence-electron chi connectivity index (χ0n) is 16.0. The van der Waals surface area contributed by atoms with Gasteiger partial charge in [-0.15, -0.1) is 17.9 Å². The van der Waals surface area contributed by atoms with Gasteiger partial charge in [0.25, 0.3) is 5.56 Å². The first-order valence-corrected chi connectivity index (χ1v) is 11.5. The fourth-order valence-electron chi connectivity index (χ4n) is 3.51. The van der Waals surface area contributed by atoms with Crippen molar-refractivity contribution >= 4 is 39.2 Å². The van der Waals surface area contributed by atoms with E-state index in [0.29, 0.717) is 11.7 Å². The van der Waals surface area contributed by atoms with Crippen molar-refractivity contribution in [1.82, 2.24) is 14.9 Å². The lowest BCUT2D eigenvalue weighted by Crippen LogP contribution is -2.35. The summed E-state index contributed by atoms with van der Waals surface area (Å²) in [7, 11) is 0. The standard InChI is InChI=1S/C20H27N3O2S2/c1-4-11-23-19(25)17-14-9-7-8-10-15(14)27-18(17)22-20(23)26-12-16(24)21-13(5-2)6-3/h4,13H,1,5-12H2,2-3H3,(H,21,24). The van der Waals surface area contributed by atoms with Crippen LogP contribution in [0.5, 0.6) is 0 Å². The Morgan fingerprint density at radius 2 is 2.11 bits per heavy atom. The van der Waals surface area contributed by atoms with E-state index < -0.39 is 0 Å². The molecule has 0 saturated heterocycles. The molecule has 0 aromatic carbocycles. The number of aromatic nitrogens is 2. The zero-order chi connectivity index (χ0) is 19.4. The number of fused-ring (bicyclic) bond motifs is 3. The van der Waals surface area contributed by atoms with Gasteiger partial charge in [0.15, 0.2) is 5.16 Å². The predicted octanol–water partition coefficient (Wildman–Crippen LogP) is 3.92. The quantitative estimate of drug-likeness (QED) is 0.411. The summed E-state index contributed by atoms with van der Waals surface area (Å²) in [6, 6.07) is 0.202. The third kappa shape index (κ3) is 4.29. The molecule has 3 rings (SSSR count). The third-order valence-electron chi connectivity index (χ3n) is 5.03. The molecule has 146 valence electrons.